The minimum atomic E-state index is -0.188. The highest BCUT2D eigenvalue weighted by Crippen LogP contribution is 2.17. The van der Waals surface area contributed by atoms with Gasteiger partial charge in [-0.3, -0.25) is 4.79 Å². The van der Waals surface area contributed by atoms with E-state index in [-0.39, 0.29) is 5.97 Å². The summed E-state index contributed by atoms with van der Waals surface area (Å²) >= 11 is 0. The molecule has 0 fully saturated rings. The number of carbonyl (C=O) groups excluding carboxylic acids is 1. The first kappa shape index (κ1) is 13.3. The van der Waals surface area contributed by atoms with Crippen molar-refractivity contribution in [2.24, 2.45) is 0 Å². The molecule has 0 atom stereocenters. The van der Waals surface area contributed by atoms with Crippen molar-refractivity contribution in [3.05, 3.63) is 17.8 Å². The van der Waals surface area contributed by atoms with Crippen LogP contribution in [0.25, 0.3) is 0 Å². The summed E-state index contributed by atoms with van der Waals surface area (Å²) in [6.07, 6.45) is 1.97. The average molecular weight is 237 g/mol. The van der Waals surface area contributed by atoms with E-state index in [0.29, 0.717) is 25.3 Å². The molecule has 0 aliphatic rings. The summed E-state index contributed by atoms with van der Waals surface area (Å²) in [5.74, 6) is 0.649. The maximum atomic E-state index is 11.2. The predicted molar refractivity (Wildman–Crippen MR) is 67.9 cm³/mol. The number of nitrogens with zero attached hydrogens (tertiary/aromatic N) is 2. The van der Waals surface area contributed by atoms with Crippen LogP contribution in [-0.2, 0) is 9.53 Å². The van der Waals surface area contributed by atoms with Crippen LogP contribution in [0.3, 0.4) is 0 Å². The van der Waals surface area contributed by atoms with Crippen LogP contribution in [0.15, 0.2) is 12.3 Å². The van der Waals surface area contributed by atoms with Gasteiger partial charge in [0.15, 0.2) is 0 Å². The molecule has 94 valence electrons. The summed E-state index contributed by atoms with van der Waals surface area (Å²) < 4.78 is 4.87. The lowest BCUT2D eigenvalue weighted by Gasteiger charge is -2.19. The Morgan fingerprint density at radius 1 is 1.59 bits per heavy atom. The SMILES string of the molecule is CCOC(=O)CCN(C)c1ncc(N)cc1C. The van der Waals surface area contributed by atoms with Gasteiger partial charge in [-0.25, -0.2) is 4.98 Å². The van der Waals surface area contributed by atoms with Crippen molar-refractivity contribution in [2.75, 3.05) is 30.8 Å². The van der Waals surface area contributed by atoms with Gasteiger partial charge in [-0.15, -0.1) is 0 Å². The number of hydrogen-bond acceptors (Lipinski definition) is 5. The Balaban J connectivity index is 2.57. The average Bonchev–Trinajstić information content (AvgIpc) is 2.26. The number of carbonyl (C=O) groups is 1. The molecule has 2 N–H and O–H groups in total. The molecule has 5 nitrogen and oxygen atoms in total. The van der Waals surface area contributed by atoms with Gasteiger partial charge in [-0.1, -0.05) is 0 Å². The van der Waals surface area contributed by atoms with E-state index in [1.807, 2.05) is 24.9 Å². The molecule has 0 radical (unpaired) electrons. The van der Waals surface area contributed by atoms with Crippen molar-refractivity contribution in [3.63, 3.8) is 0 Å². The molecule has 1 heterocycles. The third kappa shape index (κ3) is 3.94. The molecule has 1 aromatic rings. The fraction of sp³-hybridized carbons (Fsp3) is 0.500. The summed E-state index contributed by atoms with van der Waals surface area (Å²) in [7, 11) is 1.89. The summed E-state index contributed by atoms with van der Waals surface area (Å²) in [5.41, 5.74) is 7.27. The Bertz CT molecular complexity index is 393. The van der Waals surface area contributed by atoms with E-state index in [4.69, 9.17) is 10.5 Å². The molecule has 17 heavy (non-hydrogen) atoms. The molecule has 0 aromatic carbocycles. The van der Waals surface area contributed by atoms with Crippen LogP contribution in [0.5, 0.6) is 0 Å². The van der Waals surface area contributed by atoms with Crippen molar-refractivity contribution in [3.8, 4) is 0 Å². The zero-order chi connectivity index (χ0) is 12.8. The molecule has 0 unspecified atom stereocenters. The van der Waals surface area contributed by atoms with Crippen LogP contribution in [0.1, 0.15) is 18.9 Å². The van der Waals surface area contributed by atoms with E-state index in [0.717, 1.165) is 11.4 Å². The zero-order valence-electron chi connectivity index (χ0n) is 10.6. The first-order chi connectivity index (χ1) is 8.04. The number of aromatic nitrogens is 1. The smallest absolute Gasteiger partial charge is 0.307 e. The molecule has 0 bridgehead atoms. The number of nitrogen functional groups attached to an aromatic ring is 1. The quantitative estimate of drug-likeness (QED) is 0.783. The maximum absolute atomic E-state index is 11.2. The van der Waals surface area contributed by atoms with E-state index in [1.54, 1.807) is 13.1 Å². The monoisotopic (exact) mass is 237 g/mol. The second-order valence-electron chi connectivity index (χ2n) is 3.89. The van der Waals surface area contributed by atoms with Gasteiger partial charge in [0.2, 0.25) is 0 Å². The Morgan fingerprint density at radius 3 is 2.88 bits per heavy atom. The molecule has 0 aliphatic carbocycles. The Morgan fingerprint density at radius 2 is 2.29 bits per heavy atom. The Kier molecular flexibility index (Phi) is 4.75. The van der Waals surface area contributed by atoms with Crippen molar-refractivity contribution < 1.29 is 9.53 Å². The third-order valence-electron chi connectivity index (χ3n) is 2.39. The van der Waals surface area contributed by atoms with Crippen LogP contribution in [0.4, 0.5) is 11.5 Å². The van der Waals surface area contributed by atoms with Crippen LogP contribution in [0.2, 0.25) is 0 Å². The molecule has 0 spiro atoms. The van der Waals surface area contributed by atoms with E-state index in [2.05, 4.69) is 4.98 Å². The standard InChI is InChI=1S/C12H19N3O2/c1-4-17-11(16)5-6-15(3)12-9(2)7-10(13)8-14-12/h7-8H,4-6,13H2,1-3H3. The first-order valence-electron chi connectivity index (χ1n) is 5.63. The number of anilines is 2. The van der Waals surface area contributed by atoms with Gasteiger partial charge in [0.25, 0.3) is 0 Å². The molecule has 1 rings (SSSR count). The van der Waals surface area contributed by atoms with Crippen LogP contribution >= 0.6 is 0 Å². The molecule has 0 saturated heterocycles. The van der Waals surface area contributed by atoms with Gasteiger partial charge in [0.1, 0.15) is 5.82 Å². The fourth-order valence-corrected chi connectivity index (χ4v) is 1.59. The summed E-state index contributed by atoms with van der Waals surface area (Å²) in [6, 6.07) is 1.86. The first-order valence-corrected chi connectivity index (χ1v) is 5.63. The topological polar surface area (TPSA) is 68.5 Å². The van der Waals surface area contributed by atoms with Crippen molar-refractivity contribution in [2.45, 2.75) is 20.3 Å². The number of pyridine rings is 1. The highest BCUT2D eigenvalue weighted by molar-refractivity contribution is 5.70. The number of esters is 1. The highest BCUT2D eigenvalue weighted by Gasteiger charge is 2.09. The molecule has 0 amide bonds. The molecule has 1 aromatic heterocycles. The second kappa shape index (κ2) is 6.08. The minimum absolute atomic E-state index is 0.188. The van der Waals surface area contributed by atoms with Gasteiger partial charge in [-0.2, -0.15) is 0 Å². The third-order valence-corrected chi connectivity index (χ3v) is 2.39. The molecular weight excluding hydrogens is 218 g/mol. The van der Waals surface area contributed by atoms with Crippen molar-refractivity contribution >= 4 is 17.5 Å². The molecule has 0 aliphatic heterocycles. The van der Waals surface area contributed by atoms with E-state index < -0.39 is 0 Å². The Hall–Kier alpha value is -1.78. The van der Waals surface area contributed by atoms with Gasteiger partial charge in [0, 0.05) is 13.6 Å². The summed E-state index contributed by atoms with van der Waals surface area (Å²) in [5, 5.41) is 0. The van der Waals surface area contributed by atoms with Gasteiger partial charge >= 0.3 is 5.97 Å². The van der Waals surface area contributed by atoms with Crippen molar-refractivity contribution in [1.82, 2.24) is 4.98 Å². The molecular formula is C12H19N3O2. The summed E-state index contributed by atoms with van der Waals surface area (Å²) in [6.45, 7) is 4.74. The molecule has 0 saturated carbocycles. The molecule has 5 heteroatoms. The van der Waals surface area contributed by atoms with E-state index in [1.165, 1.54) is 0 Å². The van der Waals surface area contributed by atoms with Crippen LogP contribution < -0.4 is 10.6 Å². The zero-order valence-corrected chi connectivity index (χ0v) is 10.6. The number of aryl methyl sites for hydroxylation is 1. The Labute approximate surface area is 102 Å². The lowest BCUT2D eigenvalue weighted by atomic mass is 10.2. The van der Waals surface area contributed by atoms with Crippen molar-refractivity contribution in [1.29, 1.82) is 0 Å². The normalized spacial score (nSPS) is 10.1. The lowest BCUT2D eigenvalue weighted by molar-refractivity contribution is -0.142. The number of rotatable bonds is 5. The second-order valence-corrected chi connectivity index (χ2v) is 3.89. The number of ether oxygens (including phenoxy) is 1. The van der Waals surface area contributed by atoms with E-state index in [9.17, 15) is 4.79 Å². The summed E-state index contributed by atoms with van der Waals surface area (Å²) in [4.78, 5) is 17.4. The van der Waals surface area contributed by atoms with Gasteiger partial charge in [-0.05, 0) is 25.5 Å². The minimum Gasteiger partial charge on any atom is -0.466 e. The number of hydrogen-bond donors (Lipinski definition) is 1. The lowest BCUT2D eigenvalue weighted by Crippen LogP contribution is -2.23. The highest BCUT2D eigenvalue weighted by atomic mass is 16.5. The maximum Gasteiger partial charge on any atom is 0.307 e. The van der Waals surface area contributed by atoms with Crippen LogP contribution in [0, 0.1) is 6.92 Å². The fourth-order valence-electron chi connectivity index (χ4n) is 1.59. The van der Waals surface area contributed by atoms with Crippen LogP contribution in [-0.4, -0.2) is 31.2 Å². The number of nitrogens with two attached hydrogens (primary N) is 1. The van der Waals surface area contributed by atoms with E-state index >= 15 is 0 Å². The predicted octanol–water partition coefficient (Wildman–Crippen LogP) is 1.36. The van der Waals surface area contributed by atoms with Gasteiger partial charge < -0.3 is 15.4 Å². The largest absolute Gasteiger partial charge is 0.466 e. The van der Waals surface area contributed by atoms with Gasteiger partial charge in [0.05, 0.1) is 24.9 Å².